The van der Waals surface area contributed by atoms with E-state index >= 15 is 0 Å². The molecule has 0 saturated carbocycles. The van der Waals surface area contributed by atoms with Gasteiger partial charge in [0.25, 0.3) is 5.92 Å². The van der Waals surface area contributed by atoms with E-state index in [1.807, 2.05) is 0 Å². The third kappa shape index (κ3) is 7.34. The van der Waals surface area contributed by atoms with Gasteiger partial charge >= 0.3 is 6.09 Å². The molecule has 0 bridgehead atoms. The highest BCUT2D eigenvalue weighted by atomic mass is 32.1. The standard InChI is InChI=1S/C12H19F2N3O2S/c1-11(2,3)19-10(18)17-8-12(13,14)7-15-6-9-16-4-5-20-9/h4-5,15H,6-8H2,1-3H3,(H,17,18). The number of nitrogens with one attached hydrogen (secondary N) is 2. The molecule has 0 aliphatic heterocycles. The molecule has 0 saturated heterocycles. The van der Waals surface area contributed by atoms with E-state index in [1.165, 1.54) is 11.3 Å². The van der Waals surface area contributed by atoms with Gasteiger partial charge in [0.15, 0.2) is 0 Å². The Morgan fingerprint density at radius 2 is 2.10 bits per heavy atom. The molecule has 0 fully saturated rings. The van der Waals surface area contributed by atoms with Crippen LogP contribution in [0.4, 0.5) is 13.6 Å². The van der Waals surface area contributed by atoms with Crippen LogP contribution in [-0.4, -0.2) is 35.7 Å². The fourth-order valence-corrected chi connectivity index (χ4v) is 1.86. The summed E-state index contributed by atoms with van der Waals surface area (Å²) in [7, 11) is 0. The van der Waals surface area contributed by atoms with Gasteiger partial charge in [0.05, 0.1) is 13.1 Å². The minimum absolute atomic E-state index is 0.277. The molecule has 1 aromatic rings. The van der Waals surface area contributed by atoms with E-state index in [4.69, 9.17) is 4.74 Å². The molecule has 114 valence electrons. The van der Waals surface area contributed by atoms with Crippen LogP contribution in [0.2, 0.25) is 0 Å². The zero-order chi connectivity index (χ0) is 15.2. The summed E-state index contributed by atoms with van der Waals surface area (Å²) in [4.78, 5) is 15.2. The molecule has 8 heteroatoms. The van der Waals surface area contributed by atoms with Gasteiger partial charge in [-0.05, 0) is 20.8 Å². The van der Waals surface area contributed by atoms with Gasteiger partial charge in [-0.3, -0.25) is 0 Å². The highest BCUT2D eigenvalue weighted by molar-refractivity contribution is 7.09. The first-order valence-electron chi connectivity index (χ1n) is 6.12. The number of hydrogen-bond donors (Lipinski definition) is 2. The molecule has 0 radical (unpaired) electrons. The summed E-state index contributed by atoms with van der Waals surface area (Å²) in [5.74, 6) is -3.05. The molecule has 0 atom stereocenters. The Balaban J connectivity index is 2.25. The minimum Gasteiger partial charge on any atom is -0.444 e. The summed E-state index contributed by atoms with van der Waals surface area (Å²) >= 11 is 1.39. The van der Waals surface area contributed by atoms with Crippen molar-refractivity contribution >= 4 is 17.4 Å². The van der Waals surface area contributed by atoms with Crippen molar-refractivity contribution in [2.75, 3.05) is 13.1 Å². The number of carbonyl (C=O) groups excluding carboxylic acids is 1. The number of halogens is 2. The Hall–Kier alpha value is -1.28. The molecule has 0 aliphatic rings. The molecular formula is C12H19F2N3O2S. The molecule has 0 aromatic carbocycles. The van der Waals surface area contributed by atoms with Crippen LogP contribution in [-0.2, 0) is 11.3 Å². The molecule has 0 aliphatic carbocycles. The molecule has 1 rings (SSSR count). The summed E-state index contributed by atoms with van der Waals surface area (Å²) in [6.45, 7) is 3.97. The second-order valence-corrected chi connectivity index (χ2v) is 6.22. The minimum atomic E-state index is -3.05. The molecule has 2 N–H and O–H groups in total. The lowest BCUT2D eigenvalue weighted by Crippen LogP contribution is -2.44. The largest absolute Gasteiger partial charge is 0.444 e. The summed E-state index contributed by atoms with van der Waals surface area (Å²) < 4.78 is 31.9. The molecule has 0 unspecified atom stereocenters. The highest BCUT2D eigenvalue weighted by Crippen LogP contribution is 2.12. The van der Waals surface area contributed by atoms with Crippen molar-refractivity contribution in [3.05, 3.63) is 16.6 Å². The number of thiazole rings is 1. The van der Waals surface area contributed by atoms with Crippen LogP contribution in [0.1, 0.15) is 25.8 Å². The zero-order valence-electron chi connectivity index (χ0n) is 11.7. The molecule has 1 amide bonds. The third-order valence-corrected chi connectivity index (χ3v) is 2.81. The number of nitrogens with zero attached hydrogens (tertiary/aromatic N) is 1. The summed E-state index contributed by atoms with van der Waals surface area (Å²) in [5.41, 5.74) is -0.706. The second-order valence-electron chi connectivity index (χ2n) is 5.24. The van der Waals surface area contributed by atoms with Crippen LogP contribution >= 0.6 is 11.3 Å². The highest BCUT2D eigenvalue weighted by Gasteiger charge is 2.30. The Labute approximate surface area is 120 Å². The molecule has 1 heterocycles. The zero-order valence-corrected chi connectivity index (χ0v) is 12.5. The van der Waals surface area contributed by atoms with Gasteiger partial charge in [-0.1, -0.05) is 0 Å². The van der Waals surface area contributed by atoms with E-state index in [0.717, 1.165) is 5.01 Å². The molecule has 1 aromatic heterocycles. The number of alkyl carbamates (subject to hydrolysis) is 1. The molecular weight excluding hydrogens is 288 g/mol. The number of hydrogen-bond acceptors (Lipinski definition) is 5. The van der Waals surface area contributed by atoms with Crippen LogP contribution in [0.3, 0.4) is 0 Å². The third-order valence-electron chi connectivity index (χ3n) is 2.03. The van der Waals surface area contributed by atoms with Crippen LogP contribution in [0.25, 0.3) is 0 Å². The number of alkyl halides is 2. The smallest absolute Gasteiger partial charge is 0.407 e. The fraction of sp³-hybridized carbons (Fsp3) is 0.667. The first kappa shape index (κ1) is 16.8. The predicted molar refractivity (Wildman–Crippen MR) is 73.0 cm³/mol. The number of ether oxygens (including phenoxy) is 1. The van der Waals surface area contributed by atoms with Gasteiger partial charge < -0.3 is 15.4 Å². The Bertz CT molecular complexity index is 419. The van der Waals surface area contributed by atoms with Crippen LogP contribution < -0.4 is 10.6 Å². The van der Waals surface area contributed by atoms with Crippen LogP contribution in [0.5, 0.6) is 0 Å². The van der Waals surface area contributed by atoms with Crippen molar-refractivity contribution in [3.63, 3.8) is 0 Å². The predicted octanol–water partition coefficient (Wildman–Crippen LogP) is 2.39. The van der Waals surface area contributed by atoms with E-state index in [-0.39, 0.29) is 6.54 Å². The summed E-state index contributed by atoms with van der Waals surface area (Å²) in [6, 6.07) is 0. The Morgan fingerprint density at radius 3 is 2.65 bits per heavy atom. The maximum atomic E-state index is 13.5. The molecule has 5 nitrogen and oxygen atoms in total. The fourth-order valence-electron chi connectivity index (χ4n) is 1.27. The lowest BCUT2D eigenvalue weighted by atomic mass is 10.2. The van der Waals surface area contributed by atoms with Crippen molar-refractivity contribution in [1.82, 2.24) is 15.6 Å². The van der Waals surface area contributed by atoms with Crippen molar-refractivity contribution in [2.45, 2.75) is 38.8 Å². The molecule has 0 spiro atoms. The van der Waals surface area contributed by atoms with Gasteiger partial charge in [-0.2, -0.15) is 0 Å². The maximum absolute atomic E-state index is 13.5. The number of aromatic nitrogens is 1. The maximum Gasteiger partial charge on any atom is 0.407 e. The average molecular weight is 307 g/mol. The van der Waals surface area contributed by atoms with E-state index in [1.54, 1.807) is 32.3 Å². The summed E-state index contributed by atoms with van der Waals surface area (Å²) in [5, 5.41) is 7.18. The SMILES string of the molecule is CC(C)(C)OC(=O)NCC(F)(F)CNCc1nccs1. The van der Waals surface area contributed by atoms with Gasteiger partial charge in [0.1, 0.15) is 10.6 Å². The average Bonchev–Trinajstić information content (AvgIpc) is 2.77. The Morgan fingerprint density at radius 1 is 1.40 bits per heavy atom. The van der Waals surface area contributed by atoms with E-state index in [0.29, 0.717) is 0 Å². The van der Waals surface area contributed by atoms with Crippen molar-refractivity contribution in [1.29, 1.82) is 0 Å². The second kappa shape index (κ2) is 6.94. The number of rotatable bonds is 6. The van der Waals surface area contributed by atoms with E-state index < -0.39 is 30.7 Å². The first-order valence-corrected chi connectivity index (χ1v) is 7.00. The topological polar surface area (TPSA) is 63.2 Å². The van der Waals surface area contributed by atoms with Gasteiger partial charge in [0.2, 0.25) is 0 Å². The van der Waals surface area contributed by atoms with Crippen molar-refractivity contribution < 1.29 is 18.3 Å². The first-order chi connectivity index (χ1) is 9.18. The van der Waals surface area contributed by atoms with E-state index in [9.17, 15) is 13.6 Å². The Kier molecular flexibility index (Phi) is 5.82. The van der Waals surface area contributed by atoms with Crippen LogP contribution in [0, 0.1) is 0 Å². The monoisotopic (exact) mass is 307 g/mol. The van der Waals surface area contributed by atoms with Gasteiger partial charge in [-0.15, -0.1) is 11.3 Å². The number of amides is 1. The molecule has 20 heavy (non-hydrogen) atoms. The van der Waals surface area contributed by atoms with Gasteiger partial charge in [0, 0.05) is 18.1 Å². The van der Waals surface area contributed by atoms with Crippen molar-refractivity contribution in [2.24, 2.45) is 0 Å². The lowest BCUT2D eigenvalue weighted by molar-refractivity contribution is -0.00376. The van der Waals surface area contributed by atoms with Crippen LogP contribution in [0.15, 0.2) is 11.6 Å². The van der Waals surface area contributed by atoms with E-state index in [2.05, 4.69) is 15.6 Å². The quantitative estimate of drug-likeness (QED) is 0.847. The normalized spacial score (nSPS) is 12.2. The summed E-state index contributed by atoms with van der Waals surface area (Å²) in [6.07, 6.45) is 0.765. The number of carbonyl (C=O) groups is 1. The van der Waals surface area contributed by atoms with Gasteiger partial charge in [-0.25, -0.2) is 18.6 Å². The van der Waals surface area contributed by atoms with Crippen molar-refractivity contribution in [3.8, 4) is 0 Å². The lowest BCUT2D eigenvalue weighted by Gasteiger charge is -2.22.